The van der Waals surface area contributed by atoms with Crippen LogP contribution in [0.2, 0.25) is 0 Å². The minimum atomic E-state index is -0.818. The molecule has 0 saturated carbocycles. The van der Waals surface area contributed by atoms with E-state index in [2.05, 4.69) is 10.3 Å². The summed E-state index contributed by atoms with van der Waals surface area (Å²) in [5, 5.41) is 2.81. The lowest BCUT2D eigenvalue weighted by Gasteiger charge is -2.21. The number of hydrogen-bond donors (Lipinski definition) is 1. The number of amidine groups is 1. The van der Waals surface area contributed by atoms with Gasteiger partial charge in [0.2, 0.25) is 0 Å². The highest BCUT2D eigenvalue weighted by Gasteiger charge is 2.42. The SMILES string of the molecule is COC(=O)c1cc(C)c(C)cc1C1=NC(C)(C(C)C)C(=O)N1. The molecule has 2 rings (SSSR count). The Morgan fingerprint density at radius 1 is 1.27 bits per heavy atom. The quantitative estimate of drug-likeness (QED) is 0.872. The molecule has 1 atom stereocenters. The van der Waals surface area contributed by atoms with Crippen molar-refractivity contribution in [1.82, 2.24) is 5.32 Å². The lowest BCUT2D eigenvalue weighted by atomic mass is 9.89. The maximum atomic E-state index is 12.3. The van der Waals surface area contributed by atoms with Crippen molar-refractivity contribution in [2.24, 2.45) is 10.9 Å². The molecule has 1 N–H and O–H groups in total. The fourth-order valence-corrected chi connectivity index (χ4v) is 2.35. The van der Waals surface area contributed by atoms with Crippen LogP contribution >= 0.6 is 0 Å². The monoisotopic (exact) mass is 302 g/mol. The van der Waals surface area contributed by atoms with Crippen molar-refractivity contribution < 1.29 is 14.3 Å². The minimum Gasteiger partial charge on any atom is -0.465 e. The van der Waals surface area contributed by atoms with E-state index in [9.17, 15) is 9.59 Å². The van der Waals surface area contributed by atoms with Crippen molar-refractivity contribution in [2.75, 3.05) is 7.11 Å². The van der Waals surface area contributed by atoms with E-state index in [1.807, 2.05) is 33.8 Å². The number of nitrogens with zero attached hydrogens (tertiary/aromatic N) is 1. The highest BCUT2D eigenvalue weighted by Crippen LogP contribution is 2.28. The molecule has 1 unspecified atom stereocenters. The summed E-state index contributed by atoms with van der Waals surface area (Å²) in [6, 6.07) is 3.64. The molecule has 0 fully saturated rings. The Morgan fingerprint density at radius 2 is 1.86 bits per heavy atom. The Morgan fingerprint density at radius 3 is 2.36 bits per heavy atom. The molecule has 5 heteroatoms. The molecular weight excluding hydrogens is 280 g/mol. The van der Waals surface area contributed by atoms with Crippen LogP contribution in [0.4, 0.5) is 0 Å². The van der Waals surface area contributed by atoms with Crippen LogP contribution in [0, 0.1) is 19.8 Å². The number of carbonyl (C=O) groups is 2. The summed E-state index contributed by atoms with van der Waals surface area (Å²) in [6.45, 7) is 9.60. The minimum absolute atomic E-state index is 0.0538. The molecule has 0 spiro atoms. The average Bonchev–Trinajstić information content (AvgIpc) is 2.77. The fraction of sp³-hybridized carbons (Fsp3) is 0.471. The van der Waals surface area contributed by atoms with Gasteiger partial charge >= 0.3 is 5.97 Å². The molecule has 1 heterocycles. The van der Waals surface area contributed by atoms with Gasteiger partial charge in [-0.05, 0) is 49.9 Å². The van der Waals surface area contributed by atoms with Gasteiger partial charge in [-0.2, -0.15) is 0 Å². The first kappa shape index (κ1) is 16.2. The summed E-state index contributed by atoms with van der Waals surface area (Å²) in [7, 11) is 1.34. The van der Waals surface area contributed by atoms with Gasteiger partial charge in [-0.1, -0.05) is 13.8 Å². The van der Waals surface area contributed by atoms with Gasteiger partial charge in [0.25, 0.3) is 5.91 Å². The molecule has 22 heavy (non-hydrogen) atoms. The summed E-state index contributed by atoms with van der Waals surface area (Å²) in [4.78, 5) is 28.9. The molecule has 0 saturated heterocycles. The molecule has 1 aliphatic heterocycles. The zero-order valence-electron chi connectivity index (χ0n) is 13.9. The summed E-state index contributed by atoms with van der Waals surface area (Å²) in [5.41, 5.74) is 2.21. The Labute approximate surface area is 130 Å². The second-order valence-electron chi connectivity index (χ2n) is 6.19. The number of esters is 1. The first-order valence-electron chi connectivity index (χ1n) is 7.32. The molecule has 1 aliphatic rings. The first-order chi connectivity index (χ1) is 10.2. The Hall–Kier alpha value is -2.17. The van der Waals surface area contributed by atoms with E-state index >= 15 is 0 Å². The smallest absolute Gasteiger partial charge is 0.338 e. The number of ether oxygens (including phenoxy) is 1. The molecular formula is C17H22N2O3. The van der Waals surface area contributed by atoms with Crippen LogP contribution in [0.25, 0.3) is 0 Å². The number of hydrogen-bond acceptors (Lipinski definition) is 4. The zero-order valence-corrected chi connectivity index (χ0v) is 13.9. The van der Waals surface area contributed by atoms with E-state index < -0.39 is 11.5 Å². The number of amides is 1. The number of carbonyl (C=O) groups excluding carboxylic acids is 2. The van der Waals surface area contributed by atoms with Gasteiger partial charge in [0, 0.05) is 5.56 Å². The number of aliphatic imine (C=N–C) groups is 1. The van der Waals surface area contributed by atoms with Gasteiger partial charge in [-0.25, -0.2) is 4.79 Å². The van der Waals surface area contributed by atoms with Crippen LogP contribution in [0.5, 0.6) is 0 Å². The Bertz CT molecular complexity index is 677. The van der Waals surface area contributed by atoms with E-state index in [1.54, 1.807) is 13.0 Å². The number of methoxy groups -OCH3 is 1. The molecule has 0 aromatic heterocycles. The molecule has 0 bridgehead atoms. The lowest BCUT2D eigenvalue weighted by Crippen LogP contribution is -2.41. The summed E-state index contributed by atoms with van der Waals surface area (Å²) >= 11 is 0. The van der Waals surface area contributed by atoms with Crippen LogP contribution in [0.15, 0.2) is 17.1 Å². The van der Waals surface area contributed by atoms with E-state index in [1.165, 1.54) is 7.11 Å². The largest absolute Gasteiger partial charge is 0.465 e. The van der Waals surface area contributed by atoms with Crippen LogP contribution in [0.3, 0.4) is 0 Å². The van der Waals surface area contributed by atoms with E-state index in [0.717, 1.165) is 11.1 Å². The third kappa shape index (κ3) is 2.51. The van der Waals surface area contributed by atoms with Crippen molar-refractivity contribution in [1.29, 1.82) is 0 Å². The fourth-order valence-electron chi connectivity index (χ4n) is 2.35. The average molecular weight is 302 g/mol. The van der Waals surface area contributed by atoms with Gasteiger partial charge in [0.05, 0.1) is 12.7 Å². The van der Waals surface area contributed by atoms with Gasteiger partial charge in [-0.3, -0.25) is 9.79 Å². The highest BCUT2D eigenvalue weighted by atomic mass is 16.5. The molecule has 118 valence electrons. The van der Waals surface area contributed by atoms with Crippen molar-refractivity contribution in [3.05, 3.63) is 34.4 Å². The second-order valence-corrected chi connectivity index (χ2v) is 6.19. The number of rotatable bonds is 3. The lowest BCUT2D eigenvalue weighted by molar-refractivity contribution is -0.124. The van der Waals surface area contributed by atoms with Crippen molar-refractivity contribution in [3.8, 4) is 0 Å². The van der Waals surface area contributed by atoms with Gasteiger partial charge in [0.15, 0.2) is 0 Å². The predicted octanol–water partition coefficient (Wildman–Crippen LogP) is 2.38. The van der Waals surface area contributed by atoms with Gasteiger partial charge < -0.3 is 10.1 Å². The van der Waals surface area contributed by atoms with Crippen LogP contribution < -0.4 is 5.32 Å². The maximum absolute atomic E-state index is 12.3. The molecule has 5 nitrogen and oxygen atoms in total. The number of benzene rings is 1. The first-order valence-corrected chi connectivity index (χ1v) is 7.32. The van der Waals surface area contributed by atoms with Crippen LogP contribution in [0.1, 0.15) is 47.8 Å². The number of nitrogens with one attached hydrogen (secondary N) is 1. The molecule has 1 amide bonds. The topological polar surface area (TPSA) is 67.8 Å². The zero-order chi connectivity index (χ0) is 16.7. The molecule has 0 radical (unpaired) electrons. The van der Waals surface area contributed by atoms with Gasteiger partial charge in [0.1, 0.15) is 11.4 Å². The van der Waals surface area contributed by atoms with Crippen molar-refractivity contribution >= 4 is 17.7 Å². The Kier molecular flexibility index (Phi) is 4.09. The Balaban J connectivity index is 2.61. The summed E-state index contributed by atoms with van der Waals surface area (Å²) < 4.78 is 4.85. The summed E-state index contributed by atoms with van der Waals surface area (Å²) in [5.74, 6) is -0.0948. The highest BCUT2D eigenvalue weighted by molar-refractivity contribution is 6.18. The van der Waals surface area contributed by atoms with E-state index in [4.69, 9.17) is 4.74 Å². The van der Waals surface area contributed by atoms with E-state index in [0.29, 0.717) is 17.0 Å². The summed E-state index contributed by atoms with van der Waals surface area (Å²) in [6.07, 6.45) is 0. The maximum Gasteiger partial charge on any atom is 0.338 e. The normalized spacial score (nSPS) is 20.9. The third-order valence-corrected chi connectivity index (χ3v) is 4.45. The molecule has 0 aliphatic carbocycles. The molecule has 1 aromatic rings. The van der Waals surface area contributed by atoms with Crippen LogP contribution in [-0.4, -0.2) is 30.4 Å². The van der Waals surface area contributed by atoms with Crippen molar-refractivity contribution in [3.63, 3.8) is 0 Å². The van der Waals surface area contributed by atoms with Gasteiger partial charge in [-0.15, -0.1) is 0 Å². The number of aryl methyl sites for hydroxylation is 2. The molecule has 1 aromatic carbocycles. The third-order valence-electron chi connectivity index (χ3n) is 4.45. The van der Waals surface area contributed by atoms with Crippen molar-refractivity contribution in [2.45, 2.75) is 40.2 Å². The van der Waals surface area contributed by atoms with Crippen LogP contribution in [-0.2, 0) is 9.53 Å². The predicted molar refractivity (Wildman–Crippen MR) is 85.2 cm³/mol. The van der Waals surface area contributed by atoms with E-state index in [-0.39, 0.29) is 11.8 Å². The second kappa shape index (κ2) is 5.55. The standard InChI is InChI=1S/C17H22N2O3/c1-9(2)17(5)16(21)18-14(19-17)12-7-10(3)11(4)8-13(12)15(20)22-6/h7-9H,1-6H3,(H,18,19,21).